The molecule has 14 heavy (non-hydrogen) atoms. The first kappa shape index (κ1) is 10.6. The molecule has 76 valence electrons. The van der Waals surface area contributed by atoms with Crippen LogP contribution >= 0.6 is 0 Å². The maximum atomic E-state index is 12.7. The molecule has 0 heterocycles. The van der Waals surface area contributed by atoms with Gasteiger partial charge in [0.15, 0.2) is 17.5 Å². The maximum absolute atomic E-state index is 12.7. The summed E-state index contributed by atoms with van der Waals surface area (Å²) in [6.45, 7) is 0. The number of hydrogen-bond acceptors (Lipinski definition) is 1. The van der Waals surface area contributed by atoms with Crippen LogP contribution in [0.1, 0.15) is 10.4 Å². The fourth-order valence-electron chi connectivity index (χ4n) is 0.937. The van der Waals surface area contributed by atoms with Gasteiger partial charge in [0.2, 0.25) is 0 Å². The monoisotopic (exact) mass is 203 g/mol. The summed E-state index contributed by atoms with van der Waals surface area (Å²) in [6.07, 6.45) is 0. The Morgan fingerprint density at radius 1 is 1.14 bits per heavy atom. The van der Waals surface area contributed by atoms with Gasteiger partial charge in [-0.2, -0.15) is 0 Å². The lowest BCUT2D eigenvalue weighted by Crippen LogP contribution is -2.22. The van der Waals surface area contributed by atoms with E-state index in [0.717, 1.165) is 4.90 Å². The quantitative estimate of drug-likeness (QED) is 0.637. The van der Waals surface area contributed by atoms with Crippen LogP contribution in [0.15, 0.2) is 12.1 Å². The van der Waals surface area contributed by atoms with E-state index >= 15 is 0 Å². The molecule has 2 nitrogen and oxygen atoms in total. The highest BCUT2D eigenvalue weighted by molar-refractivity contribution is 5.93. The topological polar surface area (TPSA) is 20.3 Å². The Morgan fingerprint density at radius 2 is 1.57 bits per heavy atom. The van der Waals surface area contributed by atoms with Crippen molar-refractivity contribution in [3.63, 3.8) is 0 Å². The fourth-order valence-corrected chi connectivity index (χ4v) is 0.937. The number of nitrogens with zero attached hydrogens (tertiary/aromatic N) is 1. The number of halogens is 3. The van der Waals surface area contributed by atoms with Crippen molar-refractivity contribution in [2.45, 2.75) is 0 Å². The van der Waals surface area contributed by atoms with Gasteiger partial charge < -0.3 is 4.90 Å². The van der Waals surface area contributed by atoms with Crippen molar-refractivity contribution < 1.29 is 18.0 Å². The molecule has 0 atom stereocenters. The van der Waals surface area contributed by atoms with Crippen LogP contribution < -0.4 is 0 Å². The molecule has 0 aliphatic carbocycles. The van der Waals surface area contributed by atoms with E-state index in [2.05, 4.69) is 0 Å². The van der Waals surface area contributed by atoms with Crippen molar-refractivity contribution in [2.75, 3.05) is 14.1 Å². The molecular formula is C9H8F3NO. The smallest absolute Gasteiger partial charge is 0.253 e. The Balaban J connectivity index is 3.19. The van der Waals surface area contributed by atoms with Crippen molar-refractivity contribution in [1.82, 2.24) is 4.90 Å². The van der Waals surface area contributed by atoms with E-state index in [1.54, 1.807) is 0 Å². The van der Waals surface area contributed by atoms with Crippen molar-refractivity contribution in [1.29, 1.82) is 0 Å². The molecule has 0 aromatic heterocycles. The average Bonchev–Trinajstić information content (AvgIpc) is 2.12. The van der Waals surface area contributed by atoms with Gasteiger partial charge in [0, 0.05) is 19.7 Å². The second kappa shape index (κ2) is 3.69. The molecule has 0 bridgehead atoms. The molecule has 1 aromatic rings. The standard InChI is InChI=1S/C9H8F3NO/c1-13(2)9(14)5-3-6(10)8(12)7(11)4-5/h3-4H,1-2H3. The molecule has 5 heteroatoms. The van der Waals surface area contributed by atoms with Gasteiger partial charge in [-0.3, -0.25) is 4.79 Å². The minimum absolute atomic E-state index is 0.216. The lowest BCUT2D eigenvalue weighted by molar-refractivity contribution is 0.0826. The molecule has 1 amide bonds. The third-order valence-electron chi connectivity index (χ3n) is 1.64. The molecule has 0 spiro atoms. The van der Waals surface area contributed by atoms with Crippen LogP contribution in [0.4, 0.5) is 13.2 Å². The normalized spacial score (nSPS) is 10.1. The highest BCUT2D eigenvalue weighted by atomic mass is 19.2. The molecule has 0 unspecified atom stereocenters. The maximum Gasteiger partial charge on any atom is 0.253 e. The number of hydrogen-bond donors (Lipinski definition) is 0. The van der Waals surface area contributed by atoms with Gasteiger partial charge in [0.1, 0.15) is 0 Å². The van der Waals surface area contributed by atoms with Crippen LogP contribution in [-0.4, -0.2) is 24.9 Å². The Kier molecular flexibility index (Phi) is 2.78. The lowest BCUT2D eigenvalue weighted by atomic mass is 10.2. The highest BCUT2D eigenvalue weighted by Crippen LogP contribution is 2.14. The number of carbonyl (C=O) groups excluding carboxylic acids is 1. The second-order valence-electron chi connectivity index (χ2n) is 2.95. The predicted molar refractivity (Wildman–Crippen MR) is 44.3 cm³/mol. The van der Waals surface area contributed by atoms with Gasteiger partial charge in [-0.05, 0) is 12.1 Å². The number of carbonyl (C=O) groups is 1. The highest BCUT2D eigenvalue weighted by Gasteiger charge is 2.15. The van der Waals surface area contributed by atoms with Crippen LogP contribution in [-0.2, 0) is 0 Å². The minimum atomic E-state index is -1.57. The summed E-state index contributed by atoms with van der Waals surface area (Å²) in [6, 6.07) is 1.33. The van der Waals surface area contributed by atoms with E-state index < -0.39 is 23.4 Å². The Bertz CT molecular complexity index is 353. The van der Waals surface area contributed by atoms with Gasteiger partial charge in [-0.15, -0.1) is 0 Å². The van der Waals surface area contributed by atoms with Crippen LogP contribution in [0.25, 0.3) is 0 Å². The van der Waals surface area contributed by atoms with Gasteiger partial charge in [-0.25, -0.2) is 13.2 Å². The first-order valence-corrected chi connectivity index (χ1v) is 3.79. The van der Waals surface area contributed by atoms with Crippen LogP contribution in [0.5, 0.6) is 0 Å². The average molecular weight is 203 g/mol. The summed E-state index contributed by atoms with van der Waals surface area (Å²) < 4.78 is 37.9. The van der Waals surface area contributed by atoms with Crippen molar-refractivity contribution in [3.05, 3.63) is 35.1 Å². The number of benzene rings is 1. The first-order valence-electron chi connectivity index (χ1n) is 3.79. The van der Waals surface area contributed by atoms with Crippen LogP contribution in [0.2, 0.25) is 0 Å². The van der Waals surface area contributed by atoms with Gasteiger partial charge >= 0.3 is 0 Å². The summed E-state index contributed by atoms with van der Waals surface area (Å²) in [5.74, 6) is -4.88. The minimum Gasteiger partial charge on any atom is -0.345 e. The third kappa shape index (κ3) is 1.86. The second-order valence-corrected chi connectivity index (χ2v) is 2.95. The zero-order valence-corrected chi connectivity index (χ0v) is 7.64. The summed E-state index contributed by atoms with van der Waals surface area (Å²) >= 11 is 0. The van der Waals surface area contributed by atoms with E-state index in [-0.39, 0.29) is 5.56 Å². The van der Waals surface area contributed by atoms with E-state index in [1.807, 2.05) is 0 Å². The van der Waals surface area contributed by atoms with Crippen LogP contribution in [0.3, 0.4) is 0 Å². The van der Waals surface area contributed by atoms with Crippen molar-refractivity contribution in [3.8, 4) is 0 Å². The summed E-state index contributed by atoms with van der Waals surface area (Å²) in [5, 5.41) is 0. The molecule has 0 fully saturated rings. The molecule has 0 saturated heterocycles. The Hall–Kier alpha value is -1.52. The lowest BCUT2D eigenvalue weighted by Gasteiger charge is -2.10. The molecule has 1 rings (SSSR count). The van der Waals surface area contributed by atoms with Gasteiger partial charge in [-0.1, -0.05) is 0 Å². The molecule has 0 aliphatic heterocycles. The van der Waals surface area contributed by atoms with Crippen LogP contribution in [0, 0.1) is 17.5 Å². The van der Waals surface area contributed by atoms with Crippen molar-refractivity contribution >= 4 is 5.91 Å². The van der Waals surface area contributed by atoms with Gasteiger partial charge in [0.25, 0.3) is 5.91 Å². The van der Waals surface area contributed by atoms with E-state index in [1.165, 1.54) is 14.1 Å². The van der Waals surface area contributed by atoms with Gasteiger partial charge in [0.05, 0.1) is 0 Å². The molecule has 0 N–H and O–H groups in total. The Labute approximate surface area is 78.9 Å². The predicted octanol–water partition coefficient (Wildman–Crippen LogP) is 1.81. The van der Waals surface area contributed by atoms with E-state index in [0.29, 0.717) is 12.1 Å². The fraction of sp³-hybridized carbons (Fsp3) is 0.222. The summed E-state index contributed by atoms with van der Waals surface area (Å²) in [7, 11) is 2.86. The Morgan fingerprint density at radius 3 is 1.93 bits per heavy atom. The molecule has 1 aromatic carbocycles. The first-order chi connectivity index (χ1) is 6.43. The SMILES string of the molecule is CN(C)C(=O)c1cc(F)c(F)c(F)c1. The summed E-state index contributed by atoms with van der Waals surface area (Å²) in [4.78, 5) is 12.4. The number of amides is 1. The molecular weight excluding hydrogens is 195 g/mol. The van der Waals surface area contributed by atoms with E-state index in [4.69, 9.17) is 0 Å². The number of rotatable bonds is 1. The molecule has 0 aliphatic rings. The van der Waals surface area contributed by atoms with Crippen molar-refractivity contribution in [2.24, 2.45) is 0 Å². The third-order valence-corrected chi connectivity index (χ3v) is 1.64. The largest absolute Gasteiger partial charge is 0.345 e. The van der Waals surface area contributed by atoms with E-state index in [9.17, 15) is 18.0 Å². The summed E-state index contributed by atoms with van der Waals surface area (Å²) in [5.41, 5.74) is -0.216. The molecule has 0 saturated carbocycles. The molecule has 0 radical (unpaired) electrons. The zero-order chi connectivity index (χ0) is 10.9. The zero-order valence-electron chi connectivity index (χ0n) is 7.64.